The van der Waals surface area contributed by atoms with Gasteiger partial charge < -0.3 is 25.6 Å². The van der Waals surface area contributed by atoms with Crippen LogP contribution in [0.4, 0.5) is 4.79 Å². The van der Waals surface area contributed by atoms with E-state index in [2.05, 4.69) is 20.9 Å². The van der Waals surface area contributed by atoms with Crippen molar-refractivity contribution in [3.8, 4) is 0 Å². The lowest BCUT2D eigenvalue weighted by Crippen LogP contribution is -2.44. The van der Waals surface area contributed by atoms with E-state index in [-0.39, 0.29) is 12.5 Å². The first-order chi connectivity index (χ1) is 12.2. The Bertz CT molecular complexity index is 480. The van der Waals surface area contributed by atoms with Crippen LogP contribution < -0.4 is 16.0 Å². The third-order valence-electron chi connectivity index (χ3n) is 3.88. The second-order valence-electron chi connectivity index (χ2n) is 7.79. The fourth-order valence-corrected chi connectivity index (χ4v) is 2.50. The number of guanidine groups is 1. The van der Waals surface area contributed by atoms with Gasteiger partial charge in [-0.15, -0.1) is 0 Å². The van der Waals surface area contributed by atoms with Gasteiger partial charge in [0.1, 0.15) is 12.1 Å². The van der Waals surface area contributed by atoms with Crippen LogP contribution in [0.5, 0.6) is 0 Å². The van der Waals surface area contributed by atoms with Gasteiger partial charge in [0.05, 0.1) is 0 Å². The van der Waals surface area contributed by atoms with E-state index >= 15 is 0 Å². The van der Waals surface area contributed by atoms with Crippen LogP contribution in [0.2, 0.25) is 0 Å². The Kier molecular flexibility index (Phi) is 9.23. The summed E-state index contributed by atoms with van der Waals surface area (Å²) in [6, 6.07) is 0.413. The molecule has 0 atom stereocenters. The molecule has 1 fully saturated rings. The maximum Gasteiger partial charge on any atom is 0.407 e. The Balaban J connectivity index is 2.36. The Morgan fingerprint density at radius 2 is 1.73 bits per heavy atom. The highest BCUT2D eigenvalue weighted by atomic mass is 16.6. The average Bonchev–Trinajstić information content (AvgIpc) is 3.02. The SMILES string of the molecule is CN(C)C(=O)CN=C(NCCCNC(=O)OC(C)(C)C)NC1CCCC1. The van der Waals surface area contributed by atoms with Crippen LogP contribution in [0.15, 0.2) is 4.99 Å². The van der Waals surface area contributed by atoms with Crippen molar-refractivity contribution in [3.05, 3.63) is 0 Å². The molecule has 8 heteroatoms. The lowest BCUT2D eigenvalue weighted by Gasteiger charge is -2.20. The monoisotopic (exact) mass is 369 g/mol. The number of nitrogens with one attached hydrogen (secondary N) is 3. The molecule has 0 radical (unpaired) electrons. The van der Waals surface area contributed by atoms with E-state index in [1.165, 1.54) is 17.7 Å². The van der Waals surface area contributed by atoms with Gasteiger partial charge in [-0.25, -0.2) is 9.79 Å². The van der Waals surface area contributed by atoms with Crippen molar-refractivity contribution in [1.29, 1.82) is 0 Å². The summed E-state index contributed by atoms with van der Waals surface area (Å²) in [6.07, 6.45) is 5.02. The molecule has 0 saturated heterocycles. The molecule has 3 N–H and O–H groups in total. The van der Waals surface area contributed by atoms with Crippen LogP contribution in [0.25, 0.3) is 0 Å². The van der Waals surface area contributed by atoms with Crippen LogP contribution in [0.1, 0.15) is 52.9 Å². The zero-order valence-corrected chi connectivity index (χ0v) is 16.9. The fraction of sp³-hybridized carbons (Fsp3) is 0.833. The second-order valence-corrected chi connectivity index (χ2v) is 7.79. The molecule has 0 aliphatic heterocycles. The lowest BCUT2D eigenvalue weighted by molar-refractivity contribution is -0.127. The van der Waals surface area contributed by atoms with Crippen molar-refractivity contribution in [1.82, 2.24) is 20.9 Å². The fourth-order valence-electron chi connectivity index (χ4n) is 2.50. The molecule has 0 aromatic carbocycles. The van der Waals surface area contributed by atoms with E-state index in [9.17, 15) is 9.59 Å². The first-order valence-corrected chi connectivity index (χ1v) is 9.39. The average molecular weight is 370 g/mol. The number of carbonyl (C=O) groups excluding carboxylic acids is 2. The Labute approximate surface area is 157 Å². The number of aliphatic imine (C=N–C) groups is 1. The number of hydrogen-bond acceptors (Lipinski definition) is 4. The normalized spacial score (nSPS) is 15.5. The van der Waals surface area contributed by atoms with E-state index in [1.807, 2.05) is 20.8 Å². The third kappa shape index (κ3) is 10.1. The van der Waals surface area contributed by atoms with Crippen molar-refractivity contribution in [2.24, 2.45) is 4.99 Å². The molecule has 8 nitrogen and oxygen atoms in total. The first kappa shape index (κ1) is 22.1. The van der Waals surface area contributed by atoms with E-state index < -0.39 is 11.7 Å². The lowest BCUT2D eigenvalue weighted by atomic mass is 10.2. The molecule has 150 valence electrons. The number of hydrogen-bond donors (Lipinski definition) is 3. The van der Waals surface area contributed by atoms with E-state index in [1.54, 1.807) is 14.1 Å². The van der Waals surface area contributed by atoms with Crippen molar-refractivity contribution in [2.75, 3.05) is 33.7 Å². The highest BCUT2D eigenvalue weighted by Gasteiger charge is 2.17. The molecule has 1 saturated carbocycles. The molecule has 0 bridgehead atoms. The molecule has 2 amide bonds. The molecule has 0 aromatic heterocycles. The first-order valence-electron chi connectivity index (χ1n) is 9.39. The molecular weight excluding hydrogens is 334 g/mol. The van der Waals surface area contributed by atoms with Gasteiger partial charge >= 0.3 is 6.09 Å². The van der Waals surface area contributed by atoms with Gasteiger partial charge in [-0.1, -0.05) is 12.8 Å². The van der Waals surface area contributed by atoms with Crippen LogP contribution in [0.3, 0.4) is 0 Å². The quantitative estimate of drug-likeness (QED) is 0.359. The van der Waals surface area contributed by atoms with Crippen molar-refractivity contribution in [2.45, 2.75) is 64.5 Å². The minimum Gasteiger partial charge on any atom is -0.444 e. The number of carbonyl (C=O) groups is 2. The largest absolute Gasteiger partial charge is 0.444 e. The highest BCUT2D eigenvalue weighted by molar-refractivity contribution is 5.84. The van der Waals surface area contributed by atoms with Gasteiger partial charge in [0.15, 0.2) is 5.96 Å². The van der Waals surface area contributed by atoms with Gasteiger partial charge in [0.2, 0.25) is 5.91 Å². The molecule has 26 heavy (non-hydrogen) atoms. The Hall–Kier alpha value is -1.99. The standard InChI is InChI=1S/C18H35N5O3/c1-18(2,3)26-17(25)20-12-8-11-19-16(21-13-15(24)23(4)5)22-14-9-6-7-10-14/h14H,6-13H2,1-5H3,(H,20,25)(H2,19,21,22). The van der Waals surface area contributed by atoms with E-state index in [4.69, 9.17) is 4.74 Å². The summed E-state index contributed by atoms with van der Waals surface area (Å²) in [5.74, 6) is 0.619. The van der Waals surface area contributed by atoms with Crippen molar-refractivity contribution < 1.29 is 14.3 Å². The number of rotatable bonds is 7. The van der Waals surface area contributed by atoms with Gasteiger partial charge in [0, 0.05) is 33.2 Å². The molecular formula is C18H35N5O3. The smallest absolute Gasteiger partial charge is 0.407 e. The highest BCUT2D eigenvalue weighted by Crippen LogP contribution is 2.17. The molecule has 1 rings (SSSR count). The maximum atomic E-state index is 11.8. The number of amides is 2. The number of ether oxygens (including phenoxy) is 1. The Morgan fingerprint density at radius 1 is 1.12 bits per heavy atom. The number of nitrogens with zero attached hydrogens (tertiary/aromatic N) is 2. The summed E-state index contributed by atoms with van der Waals surface area (Å²) >= 11 is 0. The third-order valence-corrected chi connectivity index (χ3v) is 3.88. The second kappa shape index (κ2) is 10.9. The molecule has 0 spiro atoms. The summed E-state index contributed by atoms with van der Waals surface area (Å²) < 4.78 is 5.19. The topological polar surface area (TPSA) is 95.1 Å². The van der Waals surface area contributed by atoms with Crippen LogP contribution in [-0.4, -0.2) is 68.2 Å². The number of likely N-dealkylation sites (N-methyl/N-ethyl adjacent to an activating group) is 1. The van der Waals surface area contributed by atoms with Crippen LogP contribution >= 0.6 is 0 Å². The maximum absolute atomic E-state index is 11.8. The predicted molar refractivity (Wildman–Crippen MR) is 103 cm³/mol. The number of alkyl carbamates (subject to hydrolysis) is 1. The van der Waals surface area contributed by atoms with E-state index in [0.717, 1.165) is 19.3 Å². The minimum absolute atomic E-state index is 0.0379. The molecule has 0 heterocycles. The van der Waals surface area contributed by atoms with Crippen LogP contribution in [0, 0.1) is 0 Å². The van der Waals surface area contributed by atoms with Crippen molar-refractivity contribution >= 4 is 18.0 Å². The summed E-state index contributed by atoms with van der Waals surface area (Å²) in [7, 11) is 3.44. The van der Waals surface area contributed by atoms with Gasteiger partial charge in [0.25, 0.3) is 0 Å². The molecule has 0 unspecified atom stereocenters. The minimum atomic E-state index is -0.494. The zero-order valence-electron chi connectivity index (χ0n) is 16.9. The molecule has 1 aliphatic carbocycles. The van der Waals surface area contributed by atoms with Crippen molar-refractivity contribution in [3.63, 3.8) is 0 Å². The summed E-state index contributed by atoms with van der Waals surface area (Å²) in [6.45, 7) is 6.77. The summed E-state index contributed by atoms with van der Waals surface area (Å²) in [5.41, 5.74) is -0.494. The van der Waals surface area contributed by atoms with Gasteiger partial charge in [-0.2, -0.15) is 0 Å². The molecule has 0 aromatic rings. The van der Waals surface area contributed by atoms with Crippen LogP contribution in [-0.2, 0) is 9.53 Å². The van der Waals surface area contributed by atoms with Gasteiger partial charge in [-0.3, -0.25) is 4.79 Å². The zero-order chi connectivity index (χ0) is 19.6. The summed E-state index contributed by atoms with van der Waals surface area (Å²) in [4.78, 5) is 29.3. The summed E-state index contributed by atoms with van der Waals surface area (Å²) in [5, 5.41) is 9.37. The molecule has 1 aliphatic rings. The van der Waals surface area contributed by atoms with E-state index in [0.29, 0.717) is 25.1 Å². The Morgan fingerprint density at radius 3 is 2.31 bits per heavy atom. The predicted octanol–water partition coefficient (Wildman–Crippen LogP) is 1.47. The van der Waals surface area contributed by atoms with Gasteiger partial charge in [-0.05, 0) is 40.0 Å².